The highest BCUT2D eigenvalue weighted by molar-refractivity contribution is 6.50. The Morgan fingerprint density at radius 1 is 1.25 bits per heavy atom. The van der Waals surface area contributed by atoms with Crippen LogP contribution in [0.2, 0.25) is 0 Å². The fourth-order valence-corrected chi connectivity index (χ4v) is 5.64. The number of hydrogen-bond donors (Lipinski definition) is 3. The van der Waals surface area contributed by atoms with E-state index in [9.17, 15) is 29.7 Å². The number of esters is 1. The lowest BCUT2D eigenvalue weighted by molar-refractivity contribution is -0.177. The van der Waals surface area contributed by atoms with Crippen LogP contribution in [0.25, 0.3) is 0 Å². The average molecular weight is 390 g/mol. The molecule has 3 aliphatic carbocycles. The van der Waals surface area contributed by atoms with Gasteiger partial charge in [0.2, 0.25) is 11.6 Å². The van der Waals surface area contributed by atoms with Crippen LogP contribution < -0.4 is 0 Å². The molecule has 0 amide bonds. The highest BCUT2D eigenvalue weighted by Gasteiger charge is 2.64. The highest BCUT2D eigenvalue weighted by atomic mass is 16.5. The first kappa shape index (κ1) is 20.5. The number of Topliss-reactive ketones (excluding diaryl/α,β-unsaturated/α-hetero) is 2. The van der Waals surface area contributed by atoms with Gasteiger partial charge in [0.15, 0.2) is 0 Å². The van der Waals surface area contributed by atoms with Crippen LogP contribution in [0.5, 0.6) is 0 Å². The molecule has 0 saturated heterocycles. The van der Waals surface area contributed by atoms with Crippen LogP contribution in [-0.2, 0) is 19.1 Å². The van der Waals surface area contributed by atoms with E-state index in [-0.39, 0.29) is 23.1 Å². The Kier molecular flexibility index (Phi) is 4.88. The van der Waals surface area contributed by atoms with Gasteiger partial charge in [-0.05, 0) is 26.2 Å². The number of ketones is 2. The summed E-state index contributed by atoms with van der Waals surface area (Å²) in [6, 6.07) is 0. The molecule has 0 heterocycles. The van der Waals surface area contributed by atoms with Gasteiger partial charge in [-0.3, -0.25) is 14.4 Å². The van der Waals surface area contributed by atoms with Crippen molar-refractivity contribution in [2.75, 3.05) is 7.11 Å². The Morgan fingerprint density at radius 3 is 2.46 bits per heavy atom. The molecule has 0 aromatic rings. The molecule has 1 saturated carbocycles. The van der Waals surface area contributed by atoms with E-state index in [4.69, 9.17) is 4.74 Å². The molecule has 0 spiro atoms. The lowest BCUT2D eigenvalue weighted by atomic mass is 9.47. The summed E-state index contributed by atoms with van der Waals surface area (Å²) >= 11 is 0. The number of carbonyl (C=O) groups is 3. The number of rotatable bonds is 3. The molecule has 0 unspecified atom stereocenters. The van der Waals surface area contributed by atoms with Crippen molar-refractivity contribution in [2.24, 2.45) is 16.7 Å². The Hall–Kier alpha value is -2.25. The van der Waals surface area contributed by atoms with Crippen molar-refractivity contribution in [3.05, 3.63) is 35.1 Å². The van der Waals surface area contributed by atoms with Crippen LogP contribution >= 0.6 is 0 Å². The van der Waals surface area contributed by atoms with E-state index in [0.29, 0.717) is 19.3 Å². The molecule has 0 bridgehead atoms. The maximum absolute atomic E-state index is 13.1. The lowest BCUT2D eigenvalue weighted by Crippen LogP contribution is -2.62. The van der Waals surface area contributed by atoms with Gasteiger partial charge in [-0.2, -0.15) is 0 Å². The summed E-state index contributed by atoms with van der Waals surface area (Å²) in [5, 5.41) is 32.5. The largest absolute Gasteiger partial charge is 0.507 e. The summed E-state index contributed by atoms with van der Waals surface area (Å²) in [4.78, 5) is 38.3. The molecule has 0 aromatic heterocycles. The topological polar surface area (TPSA) is 121 Å². The Labute approximate surface area is 163 Å². The number of aliphatic hydroxyl groups is 3. The van der Waals surface area contributed by atoms with Crippen molar-refractivity contribution in [3.63, 3.8) is 0 Å². The molecule has 3 N–H and O–H groups in total. The zero-order valence-corrected chi connectivity index (χ0v) is 16.3. The van der Waals surface area contributed by atoms with E-state index in [2.05, 4.69) is 6.58 Å². The van der Waals surface area contributed by atoms with Gasteiger partial charge in [-0.15, -0.1) is 6.58 Å². The van der Waals surface area contributed by atoms with Crippen LogP contribution in [0.3, 0.4) is 0 Å². The molecular formula is C21H26O7. The summed E-state index contributed by atoms with van der Waals surface area (Å²) in [7, 11) is 1.25. The monoisotopic (exact) mass is 390 g/mol. The number of hydrogen-bond acceptors (Lipinski definition) is 7. The lowest BCUT2D eigenvalue weighted by Gasteiger charge is -2.57. The van der Waals surface area contributed by atoms with Crippen LogP contribution in [0.1, 0.15) is 39.5 Å². The van der Waals surface area contributed by atoms with E-state index < -0.39 is 52.3 Å². The molecule has 3 rings (SSSR count). The third kappa shape index (κ3) is 2.46. The second-order valence-electron chi connectivity index (χ2n) is 8.36. The number of aliphatic hydroxyl groups excluding tert-OH is 3. The fourth-order valence-electron chi connectivity index (χ4n) is 5.64. The molecule has 7 heteroatoms. The summed E-state index contributed by atoms with van der Waals surface area (Å²) in [5.41, 5.74) is -2.47. The summed E-state index contributed by atoms with van der Waals surface area (Å²) in [5.74, 6) is -3.51. The van der Waals surface area contributed by atoms with E-state index in [1.807, 2.05) is 0 Å². The van der Waals surface area contributed by atoms with Gasteiger partial charge >= 0.3 is 5.97 Å². The normalized spacial score (nSPS) is 38.1. The molecular weight excluding hydrogens is 364 g/mol. The molecule has 1 fully saturated rings. The molecule has 7 nitrogen and oxygen atoms in total. The first-order valence-electron chi connectivity index (χ1n) is 9.37. The van der Waals surface area contributed by atoms with Gasteiger partial charge in [-0.25, -0.2) is 0 Å². The van der Waals surface area contributed by atoms with Crippen LogP contribution in [0.15, 0.2) is 35.1 Å². The maximum Gasteiger partial charge on any atom is 0.311 e. The molecule has 0 aliphatic heterocycles. The number of methoxy groups -OCH3 is 1. The third-order valence-corrected chi connectivity index (χ3v) is 6.81. The molecule has 28 heavy (non-hydrogen) atoms. The molecule has 0 radical (unpaired) electrons. The first-order chi connectivity index (χ1) is 13.1. The standard InChI is InChI=1S/C21H26O7/c1-5-7-10-13(22)11-12(16(25)14(10)23)20(2)8-6-9-21(3,19(27)28-4)18(20)17(26)15(11)24/h5,15,17-18,22,24,26H,1,6-9H2,2-4H3/t15-,17+,18+,20+,21-/m0/s1. The van der Waals surface area contributed by atoms with Crippen molar-refractivity contribution < 1.29 is 34.4 Å². The molecule has 152 valence electrons. The van der Waals surface area contributed by atoms with E-state index in [1.165, 1.54) is 13.2 Å². The minimum atomic E-state index is -1.60. The maximum atomic E-state index is 13.1. The van der Waals surface area contributed by atoms with Gasteiger partial charge in [0.05, 0.1) is 18.6 Å². The average Bonchev–Trinajstić information content (AvgIpc) is 2.65. The smallest absolute Gasteiger partial charge is 0.311 e. The summed E-state index contributed by atoms with van der Waals surface area (Å²) in [6.07, 6.45) is -0.269. The Morgan fingerprint density at radius 2 is 1.89 bits per heavy atom. The predicted molar refractivity (Wildman–Crippen MR) is 99.1 cm³/mol. The SMILES string of the molecule is C=CCC1=C(O)C2=C(C(=O)C1=O)[C@@]1(C)CCC[C@](C)(C(=O)OC)[C@@H]1[C@H](O)[C@H]2O. The summed E-state index contributed by atoms with van der Waals surface area (Å²) < 4.78 is 4.96. The minimum absolute atomic E-state index is 0.000408. The zero-order chi connectivity index (χ0) is 21.0. The van der Waals surface area contributed by atoms with E-state index in [0.717, 1.165) is 0 Å². The van der Waals surface area contributed by atoms with Crippen molar-refractivity contribution >= 4 is 17.5 Å². The molecule has 0 aromatic carbocycles. The fraction of sp³-hybridized carbons (Fsp3) is 0.571. The third-order valence-electron chi connectivity index (χ3n) is 6.81. The number of ether oxygens (including phenoxy) is 1. The number of carbonyl (C=O) groups excluding carboxylic acids is 3. The van der Waals surface area contributed by atoms with E-state index >= 15 is 0 Å². The van der Waals surface area contributed by atoms with Gasteiger partial charge in [0.1, 0.15) is 11.9 Å². The van der Waals surface area contributed by atoms with Crippen molar-refractivity contribution in [3.8, 4) is 0 Å². The quantitative estimate of drug-likeness (QED) is 0.289. The molecule has 3 aliphatic rings. The van der Waals surface area contributed by atoms with Crippen molar-refractivity contribution in [1.29, 1.82) is 0 Å². The van der Waals surface area contributed by atoms with E-state index in [1.54, 1.807) is 13.8 Å². The second kappa shape index (κ2) is 6.67. The first-order valence-corrected chi connectivity index (χ1v) is 9.37. The highest BCUT2D eigenvalue weighted by Crippen LogP contribution is 2.61. The van der Waals surface area contributed by atoms with Crippen LogP contribution in [0, 0.1) is 16.7 Å². The van der Waals surface area contributed by atoms with Gasteiger partial charge in [0.25, 0.3) is 0 Å². The number of fused-ring (bicyclic) bond motifs is 2. The van der Waals surface area contributed by atoms with Crippen LogP contribution in [0.4, 0.5) is 0 Å². The summed E-state index contributed by atoms with van der Waals surface area (Å²) in [6.45, 7) is 6.88. The van der Waals surface area contributed by atoms with Gasteiger partial charge in [0, 0.05) is 28.1 Å². The Bertz CT molecular complexity index is 836. The van der Waals surface area contributed by atoms with Gasteiger partial charge in [-0.1, -0.05) is 19.4 Å². The number of allylic oxidation sites excluding steroid dienone is 3. The Balaban J connectivity index is 2.30. The minimum Gasteiger partial charge on any atom is -0.507 e. The predicted octanol–water partition coefficient (Wildman–Crippen LogP) is 1.54. The second-order valence-corrected chi connectivity index (χ2v) is 8.36. The zero-order valence-electron chi connectivity index (χ0n) is 16.3. The van der Waals surface area contributed by atoms with Crippen molar-refractivity contribution in [2.45, 2.75) is 51.7 Å². The van der Waals surface area contributed by atoms with Gasteiger partial charge < -0.3 is 20.1 Å². The van der Waals surface area contributed by atoms with Crippen LogP contribution in [-0.4, -0.2) is 52.2 Å². The molecule has 5 atom stereocenters. The van der Waals surface area contributed by atoms with Crippen molar-refractivity contribution in [1.82, 2.24) is 0 Å².